The first-order valence-corrected chi connectivity index (χ1v) is 5.81. The molecule has 3 nitrogen and oxygen atoms in total. The Morgan fingerprint density at radius 2 is 2.00 bits per heavy atom. The average Bonchev–Trinajstić information content (AvgIpc) is 2.35. The molecule has 0 aliphatic carbocycles. The lowest BCUT2D eigenvalue weighted by Crippen LogP contribution is -1.99. The summed E-state index contributed by atoms with van der Waals surface area (Å²) < 4.78 is 0. The molecule has 0 bridgehead atoms. The number of halogens is 2. The molecule has 0 fully saturated rings. The lowest BCUT2D eigenvalue weighted by Gasteiger charge is -2.08. The summed E-state index contributed by atoms with van der Waals surface area (Å²) in [6, 6.07) is 8.98. The van der Waals surface area contributed by atoms with Crippen LogP contribution in [-0.2, 0) is 6.54 Å². The van der Waals surface area contributed by atoms with E-state index >= 15 is 0 Å². The number of aromatic nitrogens is 1. The van der Waals surface area contributed by atoms with Crippen LogP contribution in [0, 0.1) is 0 Å². The van der Waals surface area contributed by atoms with Crippen LogP contribution in [0.2, 0.25) is 10.0 Å². The number of nitrogens with one attached hydrogen (secondary N) is 1. The lowest BCUT2D eigenvalue weighted by atomic mass is 10.3. The minimum atomic E-state index is 0.477. The van der Waals surface area contributed by atoms with Crippen molar-refractivity contribution < 1.29 is 0 Å². The fourth-order valence-corrected chi connectivity index (χ4v) is 1.69. The standard InChI is InChI=1S/C12H11Cl2N3/c13-9-2-3-10(14)11(5-9)17-12-4-1-8(6-15)7-16-12/h1-5,7H,6,15H2,(H,16,17). The summed E-state index contributed by atoms with van der Waals surface area (Å²) >= 11 is 11.9. The summed E-state index contributed by atoms with van der Waals surface area (Å²) in [6.45, 7) is 0.477. The van der Waals surface area contributed by atoms with Crippen LogP contribution in [-0.4, -0.2) is 4.98 Å². The highest BCUT2D eigenvalue weighted by atomic mass is 35.5. The van der Waals surface area contributed by atoms with E-state index in [9.17, 15) is 0 Å². The number of nitrogens with two attached hydrogens (primary N) is 1. The quantitative estimate of drug-likeness (QED) is 0.894. The Labute approximate surface area is 110 Å². The third-order valence-corrected chi connectivity index (χ3v) is 2.82. The molecule has 88 valence electrons. The molecule has 0 spiro atoms. The van der Waals surface area contributed by atoms with Crippen LogP contribution in [0.15, 0.2) is 36.5 Å². The van der Waals surface area contributed by atoms with E-state index in [1.807, 2.05) is 12.1 Å². The van der Waals surface area contributed by atoms with Gasteiger partial charge >= 0.3 is 0 Å². The first-order chi connectivity index (χ1) is 8.19. The van der Waals surface area contributed by atoms with Crippen LogP contribution in [0.25, 0.3) is 0 Å². The first-order valence-electron chi connectivity index (χ1n) is 5.06. The molecule has 0 radical (unpaired) electrons. The summed E-state index contributed by atoms with van der Waals surface area (Å²) in [5.74, 6) is 0.700. The number of hydrogen-bond acceptors (Lipinski definition) is 3. The highest BCUT2D eigenvalue weighted by Crippen LogP contribution is 2.27. The van der Waals surface area contributed by atoms with E-state index in [-0.39, 0.29) is 0 Å². The van der Waals surface area contributed by atoms with Gasteiger partial charge in [0.15, 0.2) is 0 Å². The van der Waals surface area contributed by atoms with Gasteiger partial charge < -0.3 is 11.1 Å². The van der Waals surface area contributed by atoms with Gasteiger partial charge in [-0.25, -0.2) is 4.98 Å². The fraction of sp³-hybridized carbons (Fsp3) is 0.0833. The number of pyridine rings is 1. The molecular weight excluding hydrogens is 257 g/mol. The van der Waals surface area contributed by atoms with Crippen LogP contribution in [0.3, 0.4) is 0 Å². The van der Waals surface area contributed by atoms with Crippen LogP contribution >= 0.6 is 23.2 Å². The molecule has 0 aliphatic heterocycles. The Morgan fingerprint density at radius 3 is 2.65 bits per heavy atom. The van der Waals surface area contributed by atoms with Gasteiger partial charge in [0.2, 0.25) is 0 Å². The van der Waals surface area contributed by atoms with Crippen molar-refractivity contribution in [1.82, 2.24) is 4.98 Å². The second-order valence-corrected chi connectivity index (χ2v) is 4.35. The Hall–Kier alpha value is -1.29. The van der Waals surface area contributed by atoms with Gasteiger partial charge in [0.25, 0.3) is 0 Å². The summed E-state index contributed by atoms with van der Waals surface area (Å²) in [5.41, 5.74) is 7.21. The van der Waals surface area contributed by atoms with E-state index in [0.29, 0.717) is 22.4 Å². The number of nitrogens with zero attached hydrogens (tertiary/aromatic N) is 1. The maximum absolute atomic E-state index is 6.04. The van der Waals surface area contributed by atoms with Crippen LogP contribution in [0.1, 0.15) is 5.56 Å². The van der Waals surface area contributed by atoms with Crippen molar-refractivity contribution in [2.45, 2.75) is 6.54 Å². The van der Waals surface area contributed by atoms with E-state index < -0.39 is 0 Å². The van der Waals surface area contributed by atoms with Gasteiger partial charge in [-0.2, -0.15) is 0 Å². The largest absolute Gasteiger partial charge is 0.339 e. The van der Waals surface area contributed by atoms with Crippen LogP contribution in [0.5, 0.6) is 0 Å². The average molecular weight is 268 g/mol. The highest BCUT2D eigenvalue weighted by molar-refractivity contribution is 6.35. The second kappa shape index (κ2) is 5.36. The molecule has 5 heteroatoms. The Balaban J connectivity index is 2.22. The van der Waals surface area contributed by atoms with Gasteiger partial charge in [-0.3, -0.25) is 0 Å². The van der Waals surface area contributed by atoms with Crippen molar-refractivity contribution in [3.8, 4) is 0 Å². The zero-order chi connectivity index (χ0) is 12.3. The smallest absolute Gasteiger partial charge is 0.130 e. The monoisotopic (exact) mass is 267 g/mol. The van der Waals surface area contributed by atoms with Crippen molar-refractivity contribution >= 4 is 34.7 Å². The molecule has 1 aromatic carbocycles. The molecule has 0 aliphatic rings. The van der Waals surface area contributed by atoms with E-state index in [2.05, 4.69) is 10.3 Å². The molecule has 3 N–H and O–H groups in total. The van der Waals surface area contributed by atoms with Gasteiger partial charge in [0.05, 0.1) is 10.7 Å². The van der Waals surface area contributed by atoms with Crippen LogP contribution < -0.4 is 11.1 Å². The highest BCUT2D eigenvalue weighted by Gasteiger charge is 2.02. The summed E-state index contributed by atoms with van der Waals surface area (Å²) in [6.07, 6.45) is 1.72. The SMILES string of the molecule is NCc1ccc(Nc2cc(Cl)ccc2Cl)nc1. The van der Waals surface area contributed by atoms with E-state index in [4.69, 9.17) is 28.9 Å². The molecule has 0 atom stereocenters. The van der Waals surface area contributed by atoms with Crippen molar-refractivity contribution in [2.75, 3.05) is 5.32 Å². The molecule has 0 saturated carbocycles. The topological polar surface area (TPSA) is 50.9 Å². The van der Waals surface area contributed by atoms with Gasteiger partial charge in [-0.05, 0) is 29.8 Å². The Kier molecular flexibility index (Phi) is 3.84. The lowest BCUT2D eigenvalue weighted by molar-refractivity contribution is 1.05. The molecule has 1 aromatic heterocycles. The maximum atomic E-state index is 6.04. The third-order valence-electron chi connectivity index (χ3n) is 2.25. The van der Waals surface area contributed by atoms with Crippen molar-refractivity contribution in [1.29, 1.82) is 0 Å². The predicted octanol–water partition coefficient (Wildman–Crippen LogP) is 3.59. The van der Waals surface area contributed by atoms with E-state index in [0.717, 1.165) is 11.3 Å². The van der Waals surface area contributed by atoms with Gasteiger partial charge in [0.1, 0.15) is 5.82 Å². The number of benzene rings is 1. The molecule has 17 heavy (non-hydrogen) atoms. The predicted molar refractivity (Wildman–Crippen MR) is 71.9 cm³/mol. The van der Waals surface area contributed by atoms with Crippen molar-refractivity contribution in [3.63, 3.8) is 0 Å². The zero-order valence-electron chi connectivity index (χ0n) is 8.95. The molecule has 1 heterocycles. The molecule has 0 saturated heterocycles. The minimum absolute atomic E-state index is 0.477. The van der Waals surface area contributed by atoms with Crippen molar-refractivity contribution in [2.24, 2.45) is 5.73 Å². The van der Waals surface area contributed by atoms with Gasteiger partial charge in [-0.15, -0.1) is 0 Å². The molecule has 0 unspecified atom stereocenters. The third kappa shape index (κ3) is 3.09. The van der Waals surface area contributed by atoms with Crippen LogP contribution in [0.4, 0.5) is 11.5 Å². The Morgan fingerprint density at radius 1 is 1.18 bits per heavy atom. The molecular formula is C12H11Cl2N3. The zero-order valence-corrected chi connectivity index (χ0v) is 10.5. The van der Waals surface area contributed by atoms with E-state index in [1.54, 1.807) is 24.4 Å². The summed E-state index contributed by atoms with van der Waals surface area (Å²) in [5, 5.41) is 4.31. The van der Waals surface area contributed by atoms with Gasteiger partial charge in [-0.1, -0.05) is 29.3 Å². The fourth-order valence-electron chi connectivity index (χ4n) is 1.35. The van der Waals surface area contributed by atoms with Crippen molar-refractivity contribution in [3.05, 3.63) is 52.1 Å². The molecule has 0 amide bonds. The molecule has 2 rings (SSSR count). The van der Waals surface area contributed by atoms with E-state index in [1.165, 1.54) is 0 Å². The summed E-state index contributed by atoms with van der Waals surface area (Å²) in [7, 11) is 0. The Bertz CT molecular complexity index is 512. The molecule has 2 aromatic rings. The normalized spacial score (nSPS) is 10.3. The number of anilines is 2. The second-order valence-electron chi connectivity index (χ2n) is 3.50. The minimum Gasteiger partial charge on any atom is -0.339 e. The summed E-state index contributed by atoms with van der Waals surface area (Å²) in [4.78, 5) is 4.22. The first kappa shape index (κ1) is 12.2. The number of rotatable bonds is 3. The number of hydrogen-bond donors (Lipinski definition) is 2. The van der Waals surface area contributed by atoms with Gasteiger partial charge in [0, 0.05) is 17.8 Å². The maximum Gasteiger partial charge on any atom is 0.130 e.